The number of nitrogens with zero attached hydrogens (tertiary/aromatic N) is 2. The predicted octanol–water partition coefficient (Wildman–Crippen LogP) is 2.89. The molecular formula is C16H21N3O2. The summed E-state index contributed by atoms with van der Waals surface area (Å²) in [5, 5.41) is 6.90. The Hall–Kier alpha value is -2.17. The van der Waals surface area contributed by atoms with E-state index < -0.39 is 0 Å². The molecular weight excluding hydrogens is 266 g/mol. The highest BCUT2D eigenvalue weighted by molar-refractivity contribution is 5.76. The fraction of sp³-hybridized carbons (Fsp3) is 0.438. The van der Waals surface area contributed by atoms with Gasteiger partial charge in [-0.25, -0.2) is 0 Å². The van der Waals surface area contributed by atoms with Crippen LogP contribution in [0.1, 0.15) is 38.1 Å². The van der Waals surface area contributed by atoms with Crippen LogP contribution in [0.3, 0.4) is 0 Å². The number of aromatic nitrogens is 2. The predicted molar refractivity (Wildman–Crippen MR) is 80.7 cm³/mol. The summed E-state index contributed by atoms with van der Waals surface area (Å²) in [6.45, 7) is 6.03. The maximum absolute atomic E-state index is 11.7. The minimum Gasteiger partial charge on any atom is -0.354 e. The second-order valence-corrected chi connectivity index (χ2v) is 5.20. The molecule has 0 fully saturated rings. The van der Waals surface area contributed by atoms with Crippen molar-refractivity contribution in [3.63, 3.8) is 0 Å². The maximum atomic E-state index is 11.7. The zero-order chi connectivity index (χ0) is 15.2. The van der Waals surface area contributed by atoms with E-state index in [4.69, 9.17) is 4.52 Å². The van der Waals surface area contributed by atoms with Gasteiger partial charge in [-0.15, -0.1) is 0 Å². The summed E-state index contributed by atoms with van der Waals surface area (Å²) in [6, 6.07) is 8.07. The number of hydrogen-bond donors (Lipinski definition) is 1. The normalized spacial score (nSPS) is 12.1. The fourth-order valence-electron chi connectivity index (χ4n) is 1.96. The van der Waals surface area contributed by atoms with E-state index in [0.29, 0.717) is 24.6 Å². The molecule has 112 valence electrons. The molecule has 0 aliphatic heterocycles. The first kappa shape index (κ1) is 15.2. The Kier molecular flexibility index (Phi) is 5.09. The third kappa shape index (κ3) is 4.15. The van der Waals surface area contributed by atoms with E-state index in [1.165, 1.54) is 0 Å². The molecule has 1 aromatic carbocycles. The average Bonchev–Trinajstić information content (AvgIpc) is 2.94. The van der Waals surface area contributed by atoms with Gasteiger partial charge >= 0.3 is 0 Å². The van der Waals surface area contributed by atoms with Crippen molar-refractivity contribution in [3.8, 4) is 11.4 Å². The molecule has 1 atom stereocenters. The van der Waals surface area contributed by atoms with Gasteiger partial charge in [0.15, 0.2) is 0 Å². The number of hydrogen-bond acceptors (Lipinski definition) is 4. The molecule has 0 aliphatic carbocycles. The number of carbonyl (C=O) groups excluding carboxylic acids is 1. The van der Waals surface area contributed by atoms with E-state index in [2.05, 4.69) is 15.5 Å². The Labute approximate surface area is 124 Å². The van der Waals surface area contributed by atoms with Crippen LogP contribution in [0.15, 0.2) is 28.8 Å². The molecule has 1 heterocycles. The molecule has 1 unspecified atom stereocenters. The van der Waals surface area contributed by atoms with E-state index in [1.54, 1.807) is 0 Å². The van der Waals surface area contributed by atoms with Crippen molar-refractivity contribution >= 4 is 5.91 Å². The molecule has 21 heavy (non-hydrogen) atoms. The summed E-state index contributed by atoms with van der Waals surface area (Å²) < 4.78 is 5.21. The number of carbonyl (C=O) groups is 1. The lowest BCUT2D eigenvalue weighted by Gasteiger charge is -2.10. The Balaban J connectivity index is 1.95. The molecule has 0 saturated carbocycles. The van der Waals surface area contributed by atoms with E-state index in [-0.39, 0.29) is 11.9 Å². The summed E-state index contributed by atoms with van der Waals surface area (Å²) in [5.74, 6) is 1.08. The van der Waals surface area contributed by atoms with Crippen molar-refractivity contribution in [2.45, 2.75) is 46.1 Å². The van der Waals surface area contributed by atoms with E-state index in [1.807, 2.05) is 45.0 Å². The van der Waals surface area contributed by atoms with Crippen LogP contribution in [0, 0.1) is 6.92 Å². The molecule has 5 nitrogen and oxygen atoms in total. The van der Waals surface area contributed by atoms with Crippen LogP contribution in [0.2, 0.25) is 0 Å². The van der Waals surface area contributed by atoms with Crippen molar-refractivity contribution in [2.24, 2.45) is 0 Å². The van der Waals surface area contributed by atoms with Gasteiger partial charge in [-0.1, -0.05) is 36.3 Å². The van der Waals surface area contributed by atoms with Gasteiger partial charge in [-0.05, 0) is 25.8 Å². The molecule has 2 rings (SSSR count). The summed E-state index contributed by atoms with van der Waals surface area (Å²) in [4.78, 5) is 16.1. The molecule has 1 amide bonds. The first-order valence-electron chi connectivity index (χ1n) is 7.28. The Morgan fingerprint density at radius 3 is 2.86 bits per heavy atom. The zero-order valence-electron chi connectivity index (χ0n) is 12.7. The molecule has 1 N–H and O–H groups in total. The minimum absolute atomic E-state index is 0.0139. The fourth-order valence-corrected chi connectivity index (χ4v) is 1.96. The third-order valence-corrected chi connectivity index (χ3v) is 3.44. The van der Waals surface area contributed by atoms with Gasteiger partial charge < -0.3 is 9.84 Å². The van der Waals surface area contributed by atoms with Crippen molar-refractivity contribution in [2.75, 3.05) is 0 Å². The Morgan fingerprint density at radius 2 is 2.14 bits per heavy atom. The summed E-state index contributed by atoms with van der Waals surface area (Å²) in [6.07, 6.45) is 1.74. The van der Waals surface area contributed by atoms with Crippen LogP contribution in [0.5, 0.6) is 0 Å². The lowest BCUT2D eigenvalue weighted by molar-refractivity contribution is -0.121. The standard InChI is InChI=1S/C16H21N3O2/c1-4-12(3)17-14(20)9-10-15-18-16(19-21-15)13-8-6-5-7-11(13)2/h5-8,12H,4,9-10H2,1-3H3,(H,17,20). The molecule has 1 aromatic heterocycles. The van der Waals surface area contributed by atoms with Crippen molar-refractivity contribution < 1.29 is 9.32 Å². The topological polar surface area (TPSA) is 68.0 Å². The number of benzene rings is 1. The highest BCUT2D eigenvalue weighted by atomic mass is 16.5. The SMILES string of the molecule is CCC(C)NC(=O)CCc1nc(-c2ccccc2C)no1. The minimum atomic E-state index is 0.0139. The van der Waals surface area contributed by atoms with Gasteiger partial charge in [0.2, 0.25) is 17.6 Å². The van der Waals surface area contributed by atoms with Crippen molar-refractivity contribution in [1.82, 2.24) is 15.5 Å². The first-order chi connectivity index (χ1) is 10.1. The van der Waals surface area contributed by atoms with Gasteiger partial charge in [0.05, 0.1) is 0 Å². The molecule has 2 aromatic rings. The smallest absolute Gasteiger partial charge is 0.227 e. The molecule has 0 aliphatic rings. The van der Waals surface area contributed by atoms with E-state index in [0.717, 1.165) is 17.5 Å². The molecule has 0 saturated heterocycles. The number of amides is 1. The zero-order valence-corrected chi connectivity index (χ0v) is 12.7. The largest absolute Gasteiger partial charge is 0.354 e. The van der Waals surface area contributed by atoms with Gasteiger partial charge in [0.1, 0.15) is 0 Å². The van der Waals surface area contributed by atoms with Crippen LogP contribution in [-0.2, 0) is 11.2 Å². The quantitative estimate of drug-likeness (QED) is 0.887. The van der Waals surface area contributed by atoms with Gasteiger partial charge in [0, 0.05) is 24.4 Å². The van der Waals surface area contributed by atoms with Gasteiger partial charge in [-0.2, -0.15) is 4.98 Å². The molecule has 0 radical (unpaired) electrons. The van der Waals surface area contributed by atoms with Crippen molar-refractivity contribution in [1.29, 1.82) is 0 Å². The third-order valence-electron chi connectivity index (χ3n) is 3.44. The molecule has 5 heteroatoms. The van der Waals surface area contributed by atoms with E-state index >= 15 is 0 Å². The summed E-state index contributed by atoms with van der Waals surface area (Å²) >= 11 is 0. The summed E-state index contributed by atoms with van der Waals surface area (Å²) in [5.41, 5.74) is 2.05. The van der Waals surface area contributed by atoms with E-state index in [9.17, 15) is 4.79 Å². The number of aryl methyl sites for hydroxylation is 2. The highest BCUT2D eigenvalue weighted by Gasteiger charge is 2.12. The van der Waals surface area contributed by atoms with Crippen LogP contribution in [0.25, 0.3) is 11.4 Å². The monoisotopic (exact) mass is 287 g/mol. The Bertz CT molecular complexity index is 607. The van der Waals surface area contributed by atoms with Crippen molar-refractivity contribution in [3.05, 3.63) is 35.7 Å². The lowest BCUT2D eigenvalue weighted by Crippen LogP contribution is -2.32. The summed E-state index contributed by atoms with van der Waals surface area (Å²) in [7, 11) is 0. The van der Waals surface area contributed by atoms with Crippen LogP contribution in [0.4, 0.5) is 0 Å². The van der Waals surface area contributed by atoms with Crippen LogP contribution in [-0.4, -0.2) is 22.1 Å². The Morgan fingerprint density at radius 1 is 1.38 bits per heavy atom. The maximum Gasteiger partial charge on any atom is 0.227 e. The van der Waals surface area contributed by atoms with Crippen LogP contribution < -0.4 is 5.32 Å². The first-order valence-corrected chi connectivity index (χ1v) is 7.28. The second-order valence-electron chi connectivity index (χ2n) is 5.20. The van der Waals surface area contributed by atoms with Gasteiger partial charge in [0.25, 0.3) is 0 Å². The van der Waals surface area contributed by atoms with Crippen LogP contribution >= 0.6 is 0 Å². The van der Waals surface area contributed by atoms with Gasteiger partial charge in [-0.3, -0.25) is 4.79 Å². The highest BCUT2D eigenvalue weighted by Crippen LogP contribution is 2.20. The number of nitrogens with one attached hydrogen (secondary N) is 1. The average molecular weight is 287 g/mol. The molecule has 0 spiro atoms. The molecule has 0 bridgehead atoms. The number of rotatable bonds is 6. The second kappa shape index (κ2) is 7.02. The lowest BCUT2D eigenvalue weighted by atomic mass is 10.1.